The molecule has 0 aliphatic carbocycles. The first-order valence-corrected chi connectivity index (χ1v) is 5.38. The fourth-order valence-electron chi connectivity index (χ4n) is 1.63. The summed E-state index contributed by atoms with van der Waals surface area (Å²) in [6.45, 7) is -0.401. The van der Waals surface area contributed by atoms with E-state index in [9.17, 15) is 17.6 Å². The lowest BCUT2D eigenvalue weighted by atomic mass is 10.1. The van der Waals surface area contributed by atoms with E-state index in [0.29, 0.717) is 0 Å². The van der Waals surface area contributed by atoms with Gasteiger partial charge in [-0.3, -0.25) is 0 Å². The van der Waals surface area contributed by atoms with Crippen LogP contribution in [0.2, 0.25) is 0 Å². The average Bonchev–Trinajstić information content (AvgIpc) is 2.27. The first-order valence-electron chi connectivity index (χ1n) is 5.38. The monoisotopic (exact) mass is 264 g/mol. The molecule has 0 radical (unpaired) electrons. The molecule has 0 amide bonds. The molecule has 1 aromatic rings. The van der Waals surface area contributed by atoms with Crippen molar-refractivity contribution < 1.29 is 17.6 Å². The molecule has 102 valence electrons. The molecule has 6 heteroatoms. The lowest BCUT2D eigenvalue weighted by Crippen LogP contribution is -2.20. The van der Waals surface area contributed by atoms with Gasteiger partial charge in [-0.25, -0.2) is 17.6 Å². The zero-order valence-electron chi connectivity index (χ0n) is 10.8. The molecule has 0 fully saturated rings. The summed E-state index contributed by atoms with van der Waals surface area (Å²) >= 11 is 0. The third kappa shape index (κ3) is 3.00. The Hall–Kier alpha value is -1.14. The molecule has 2 nitrogen and oxygen atoms in total. The molecule has 0 aliphatic rings. The standard InChI is InChI=1S/C12H16F4N2/c1-17(2)5-7-9(13)11(15)8(6-18(3)4)12(16)10(7)14/h5-6H2,1-4H3. The molecule has 0 saturated heterocycles. The van der Waals surface area contributed by atoms with E-state index in [1.807, 2.05) is 0 Å². The van der Waals surface area contributed by atoms with Crippen molar-refractivity contribution in [1.82, 2.24) is 9.80 Å². The lowest BCUT2D eigenvalue weighted by molar-refractivity contribution is 0.339. The predicted octanol–water partition coefficient (Wildman–Crippen LogP) is 2.37. The Morgan fingerprint density at radius 3 is 1.00 bits per heavy atom. The summed E-state index contributed by atoms with van der Waals surface area (Å²) in [6, 6.07) is 0. The van der Waals surface area contributed by atoms with Gasteiger partial charge in [-0.15, -0.1) is 0 Å². The summed E-state index contributed by atoms with van der Waals surface area (Å²) in [5, 5.41) is 0. The van der Waals surface area contributed by atoms with Crippen molar-refractivity contribution in [3.63, 3.8) is 0 Å². The molecule has 0 aromatic heterocycles. The van der Waals surface area contributed by atoms with E-state index in [1.54, 1.807) is 28.2 Å². The maximum atomic E-state index is 13.7. The molecule has 0 heterocycles. The average molecular weight is 264 g/mol. The van der Waals surface area contributed by atoms with Crippen molar-refractivity contribution in [1.29, 1.82) is 0 Å². The Kier molecular flexibility index (Phi) is 4.70. The Morgan fingerprint density at radius 2 is 0.833 bits per heavy atom. The molecule has 18 heavy (non-hydrogen) atoms. The fraction of sp³-hybridized carbons (Fsp3) is 0.500. The summed E-state index contributed by atoms with van der Waals surface area (Å²) in [4.78, 5) is 2.87. The highest BCUT2D eigenvalue weighted by Gasteiger charge is 2.25. The van der Waals surface area contributed by atoms with Crippen molar-refractivity contribution in [2.75, 3.05) is 28.2 Å². The Bertz CT molecular complexity index is 374. The minimum Gasteiger partial charge on any atom is -0.305 e. The molecule has 0 bridgehead atoms. The first kappa shape index (κ1) is 14.9. The normalized spacial score (nSPS) is 11.7. The van der Waals surface area contributed by atoms with Crippen LogP contribution in [0.15, 0.2) is 0 Å². The van der Waals surface area contributed by atoms with Crippen LogP contribution in [0.25, 0.3) is 0 Å². The Balaban J connectivity index is 3.35. The summed E-state index contributed by atoms with van der Waals surface area (Å²) in [5.74, 6) is -5.28. The molecule has 0 saturated carbocycles. The van der Waals surface area contributed by atoms with Crippen molar-refractivity contribution in [3.8, 4) is 0 Å². The van der Waals surface area contributed by atoms with Gasteiger partial charge in [0, 0.05) is 24.2 Å². The molecule has 0 aliphatic heterocycles. The minimum atomic E-state index is -1.32. The van der Waals surface area contributed by atoms with Crippen LogP contribution in [0, 0.1) is 23.3 Å². The van der Waals surface area contributed by atoms with Gasteiger partial charge in [0.15, 0.2) is 23.3 Å². The van der Waals surface area contributed by atoms with E-state index in [-0.39, 0.29) is 13.1 Å². The van der Waals surface area contributed by atoms with Crippen molar-refractivity contribution >= 4 is 0 Å². The van der Waals surface area contributed by atoms with Gasteiger partial charge in [-0.2, -0.15) is 0 Å². The number of nitrogens with zero attached hydrogens (tertiary/aromatic N) is 2. The van der Waals surface area contributed by atoms with E-state index < -0.39 is 34.4 Å². The van der Waals surface area contributed by atoms with Crippen LogP contribution in [0.5, 0.6) is 0 Å². The van der Waals surface area contributed by atoms with Gasteiger partial charge >= 0.3 is 0 Å². The largest absolute Gasteiger partial charge is 0.305 e. The number of halogens is 4. The van der Waals surface area contributed by atoms with E-state index in [0.717, 1.165) is 0 Å². The summed E-state index contributed by atoms with van der Waals surface area (Å²) < 4.78 is 54.7. The van der Waals surface area contributed by atoms with Gasteiger partial charge in [0.05, 0.1) is 0 Å². The van der Waals surface area contributed by atoms with Gasteiger partial charge in [-0.05, 0) is 28.2 Å². The zero-order valence-corrected chi connectivity index (χ0v) is 10.8. The summed E-state index contributed by atoms with van der Waals surface area (Å²) in [6.07, 6.45) is 0. The highest BCUT2D eigenvalue weighted by atomic mass is 19.2. The minimum absolute atomic E-state index is 0.201. The van der Waals surface area contributed by atoms with Gasteiger partial charge in [-0.1, -0.05) is 0 Å². The Labute approximate surface area is 104 Å². The highest BCUT2D eigenvalue weighted by Crippen LogP contribution is 2.25. The second-order valence-corrected chi connectivity index (χ2v) is 4.69. The number of hydrogen-bond donors (Lipinski definition) is 0. The SMILES string of the molecule is CN(C)Cc1c(F)c(F)c(CN(C)C)c(F)c1F. The quantitative estimate of drug-likeness (QED) is 0.608. The number of benzene rings is 1. The Morgan fingerprint density at radius 1 is 0.611 bits per heavy atom. The first-order chi connectivity index (χ1) is 8.25. The third-order valence-electron chi connectivity index (χ3n) is 2.39. The molecule has 0 unspecified atom stereocenters. The molecular formula is C12H16F4N2. The number of hydrogen-bond acceptors (Lipinski definition) is 2. The van der Waals surface area contributed by atoms with Crippen molar-refractivity contribution in [2.45, 2.75) is 13.1 Å². The predicted molar refractivity (Wildman–Crippen MR) is 61.1 cm³/mol. The van der Waals surface area contributed by atoms with Gasteiger partial charge in [0.1, 0.15) is 0 Å². The van der Waals surface area contributed by atoms with Crippen LogP contribution in [0.3, 0.4) is 0 Å². The fourth-order valence-corrected chi connectivity index (χ4v) is 1.63. The van der Waals surface area contributed by atoms with Crippen molar-refractivity contribution in [3.05, 3.63) is 34.4 Å². The van der Waals surface area contributed by atoms with Crippen LogP contribution < -0.4 is 0 Å². The van der Waals surface area contributed by atoms with Crippen LogP contribution in [-0.2, 0) is 13.1 Å². The highest BCUT2D eigenvalue weighted by molar-refractivity contribution is 5.30. The molecular weight excluding hydrogens is 248 g/mol. The van der Waals surface area contributed by atoms with E-state index in [2.05, 4.69) is 0 Å². The summed E-state index contributed by atoms with van der Waals surface area (Å²) in [5.41, 5.74) is -1.17. The van der Waals surface area contributed by atoms with Crippen LogP contribution in [0.1, 0.15) is 11.1 Å². The van der Waals surface area contributed by atoms with E-state index >= 15 is 0 Å². The maximum absolute atomic E-state index is 13.7. The zero-order chi connectivity index (χ0) is 14.0. The van der Waals surface area contributed by atoms with Crippen LogP contribution in [0.4, 0.5) is 17.6 Å². The topological polar surface area (TPSA) is 6.48 Å². The van der Waals surface area contributed by atoms with E-state index in [4.69, 9.17) is 0 Å². The van der Waals surface area contributed by atoms with E-state index in [1.165, 1.54) is 9.80 Å². The van der Waals surface area contributed by atoms with Gasteiger partial charge in [0.25, 0.3) is 0 Å². The van der Waals surface area contributed by atoms with Crippen LogP contribution in [-0.4, -0.2) is 38.0 Å². The van der Waals surface area contributed by atoms with Gasteiger partial charge in [0.2, 0.25) is 0 Å². The maximum Gasteiger partial charge on any atom is 0.166 e. The molecule has 1 aromatic carbocycles. The second kappa shape index (κ2) is 5.67. The number of rotatable bonds is 4. The molecule has 0 spiro atoms. The smallest absolute Gasteiger partial charge is 0.166 e. The van der Waals surface area contributed by atoms with Crippen molar-refractivity contribution in [2.24, 2.45) is 0 Å². The molecule has 1 rings (SSSR count). The summed E-state index contributed by atoms with van der Waals surface area (Å²) in [7, 11) is 6.23. The van der Waals surface area contributed by atoms with Crippen LogP contribution >= 0.6 is 0 Å². The second-order valence-electron chi connectivity index (χ2n) is 4.69. The third-order valence-corrected chi connectivity index (χ3v) is 2.39. The van der Waals surface area contributed by atoms with Gasteiger partial charge < -0.3 is 9.80 Å². The molecule has 0 N–H and O–H groups in total. The lowest BCUT2D eigenvalue weighted by Gasteiger charge is -2.17. The molecule has 0 atom stereocenters.